The number of rotatable bonds is 15. The highest BCUT2D eigenvalue weighted by Gasteiger charge is 2.29. The van der Waals surface area contributed by atoms with Crippen LogP contribution >= 0.6 is 0 Å². The van der Waals surface area contributed by atoms with Gasteiger partial charge in [0.25, 0.3) is 0 Å². The molecule has 0 aliphatic rings. The molecule has 190 valence electrons. The topological polar surface area (TPSA) is 197 Å². The number of nitrogens with one attached hydrogen (secondary N) is 3. The number of hydrogen-bond donors (Lipinski definition) is 7. The number of benzene rings is 1. The van der Waals surface area contributed by atoms with E-state index < -0.39 is 48.4 Å². The molecular formula is C23H37N5O6. The lowest BCUT2D eigenvalue weighted by molar-refractivity contribution is -0.138. The van der Waals surface area contributed by atoms with E-state index in [1.807, 2.05) is 13.8 Å². The van der Waals surface area contributed by atoms with Gasteiger partial charge in [0.15, 0.2) is 0 Å². The molecule has 9 N–H and O–H groups in total. The summed E-state index contributed by atoms with van der Waals surface area (Å²) in [5, 5.41) is 25.9. The molecule has 34 heavy (non-hydrogen) atoms. The largest absolute Gasteiger partial charge is 0.508 e. The Morgan fingerprint density at radius 3 is 2.12 bits per heavy atom. The van der Waals surface area contributed by atoms with Gasteiger partial charge in [0.05, 0.1) is 6.04 Å². The molecule has 3 amide bonds. The molecule has 0 bridgehead atoms. The Labute approximate surface area is 199 Å². The first-order chi connectivity index (χ1) is 16.0. The fourth-order valence-electron chi connectivity index (χ4n) is 3.26. The summed E-state index contributed by atoms with van der Waals surface area (Å²) in [5.74, 6) is -2.86. The number of aromatic hydroxyl groups is 1. The molecule has 0 saturated heterocycles. The first-order valence-electron chi connectivity index (χ1n) is 11.4. The molecule has 3 unspecified atom stereocenters. The smallest absolute Gasteiger partial charge is 0.322 e. The lowest BCUT2D eigenvalue weighted by Gasteiger charge is -2.25. The average Bonchev–Trinajstić information content (AvgIpc) is 2.77. The van der Waals surface area contributed by atoms with Gasteiger partial charge < -0.3 is 37.6 Å². The second kappa shape index (κ2) is 14.9. The number of carboxylic acids is 1. The Balaban J connectivity index is 2.96. The van der Waals surface area contributed by atoms with Crippen LogP contribution in [0.15, 0.2) is 24.3 Å². The number of phenols is 1. The first kappa shape index (κ1) is 28.9. The van der Waals surface area contributed by atoms with Gasteiger partial charge in [-0.25, -0.2) is 0 Å². The number of hydrogen-bond acceptors (Lipinski definition) is 7. The maximum atomic E-state index is 13.1. The summed E-state index contributed by atoms with van der Waals surface area (Å²) in [6.45, 7) is 3.67. The van der Waals surface area contributed by atoms with Gasteiger partial charge in [0.2, 0.25) is 17.7 Å². The van der Waals surface area contributed by atoms with Gasteiger partial charge in [-0.15, -0.1) is 0 Å². The van der Waals surface area contributed by atoms with Crippen molar-refractivity contribution in [3.05, 3.63) is 29.8 Å². The zero-order chi connectivity index (χ0) is 25.7. The maximum absolute atomic E-state index is 13.1. The highest BCUT2D eigenvalue weighted by molar-refractivity contribution is 5.93. The molecule has 1 aromatic rings. The molecule has 3 atom stereocenters. The molecule has 1 rings (SSSR count). The number of aliphatic carboxylic acids is 1. The summed E-state index contributed by atoms with van der Waals surface area (Å²) < 4.78 is 0. The first-order valence-corrected chi connectivity index (χ1v) is 11.4. The van der Waals surface area contributed by atoms with Crippen molar-refractivity contribution in [3.8, 4) is 5.75 Å². The minimum Gasteiger partial charge on any atom is -0.508 e. The van der Waals surface area contributed by atoms with Crippen LogP contribution in [0.2, 0.25) is 0 Å². The number of phenolic OH excluding ortho intramolecular Hbond substituents is 1. The van der Waals surface area contributed by atoms with Crippen LogP contribution < -0.4 is 27.4 Å². The van der Waals surface area contributed by atoms with Crippen LogP contribution in [0.5, 0.6) is 5.75 Å². The van der Waals surface area contributed by atoms with E-state index in [0.717, 1.165) is 6.42 Å². The molecule has 1 aromatic carbocycles. The van der Waals surface area contributed by atoms with Crippen molar-refractivity contribution in [2.75, 3.05) is 13.1 Å². The zero-order valence-corrected chi connectivity index (χ0v) is 19.8. The minimum absolute atomic E-state index is 0.0437. The van der Waals surface area contributed by atoms with Crippen molar-refractivity contribution in [3.63, 3.8) is 0 Å². The normalized spacial score (nSPS) is 13.6. The molecule has 11 heteroatoms. The summed E-state index contributed by atoms with van der Waals surface area (Å²) >= 11 is 0. The predicted molar refractivity (Wildman–Crippen MR) is 127 cm³/mol. The van der Waals surface area contributed by atoms with Crippen LogP contribution in [0.3, 0.4) is 0 Å². The van der Waals surface area contributed by atoms with Crippen molar-refractivity contribution in [2.24, 2.45) is 17.4 Å². The molecule has 0 aliphatic heterocycles. The predicted octanol–water partition coefficient (Wildman–Crippen LogP) is -0.392. The molecule has 0 spiro atoms. The van der Waals surface area contributed by atoms with Crippen molar-refractivity contribution in [2.45, 2.75) is 64.1 Å². The van der Waals surface area contributed by atoms with E-state index >= 15 is 0 Å². The van der Waals surface area contributed by atoms with Gasteiger partial charge in [-0.1, -0.05) is 32.4 Å². The van der Waals surface area contributed by atoms with E-state index in [-0.39, 0.29) is 18.1 Å². The van der Waals surface area contributed by atoms with E-state index in [4.69, 9.17) is 16.6 Å². The average molecular weight is 480 g/mol. The van der Waals surface area contributed by atoms with Gasteiger partial charge in [-0.3, -0.25) is 19.2 Å². The Kier molecular flexibility index (Phi) is 12.6. The van der Waals surface area contributed by atoms with Gasteiger partial charge in [0.1, 0.15) is 24.4 Å². The molecular weight excluding hydrogens is 442 g/mol. The minimum atomic E-state index is -1.23. The quantitative estimate of drug-likeness (QED) is 0.165. The van der Waals surface area contributed by atoms with Crippen molar-refractivity contribution < 1.29 is 29.4 Å². The summed E-state index contributed by atoms with van der Waals surface area (Å²) in [6.07, 6.45) is 2.22. The summed E-state index contributed by atoms with van der Waals surface area (Å²) in [6, 6.07) is 3.25. The second-order valence-corrected chi connectivity index (χ2v) is 8.62. The summed E-state index contributed by atoms with van der Waals surface area (Å²) in [5.41, 5.74) is 12.0. The monoisotopic (exact) mass is 479 g/mol. The highest BCUT2D eigenvalue weighted by Crippen LogP contribution is 2.12. The number of amides is 3. The fourth-order valence-corrected chi connectivity index (χ4v) is 3.26. The molecule has 0 aliphatic carbocycles. The number of nitrogens with two attached hydrogens (primary N) is 2. The lowest BCUT2D eigenvalue weighted by Crippen LogP contribution is -2.56. The molecule has 0 fully saturated rings. The molecule has 11 nitrogen and oxygen atoms in total. The Hall–Kier alpha value is -3.18. The number of carbonyl (C=O) groups is 4. The maximum Gasteiger partial charge on any atom is 0.322 e. The van der Waals surface area contributed by atoms with Crippen LogP contribution in [0, 0.1) is 5.92 Å². The molecule has 0 radical (unpaired) electrons. The van der Waals surface area contributed by atoms with Gasteiger partial charge in [-0.2, -0.15) is 0 Å². The Morgan fingerprint density at radius 1 is 0.941 bits per heavy atom. The van der Waals surface area contributed by atoms with Crippen LogP contribution in [0.1, 0.15) is 45.1 Å². The fraction of sp³-hybridized carbons (Fsp3) is 0.565. The third-order valence-electron chi connectivity index (χ3n) is 5.07. The Bertz CT molecular complexity index is 815. The third kappa shape index (κ3) is 11.1. The molecule has 0 saturated carbocycles. The van der Waals surface area contributed by atoms with Crippen LogP contribution in [0.4, 0.5) is 0 Å². The molecule has 0 aromatic heterocycles. The number of unbranched alkanes of at least 4 members (excludes halogenated alkanes) is 1. The van der Waals surface area contributed by atoms with E-state index in [9.17, 15) is 24.3 Å². The van der Waals surface area contributed by atoms with Crippen molar-refractivity contribution >= 4 is 23.7 Å². The third-order valence-corrected chi connectivity index (χ3v) is 5.07. The number of carbonyl (C=O) groups excluding carboxylic acids is 3. The van der Waals surface area contributed by atoms with Crippen molar-refractivity contribution in [1.29, 1.82) is 0 Å². The van der Waals surface area contributed by atoms with E-state index in [0.29, 0.717) is 31.4 Å². The van der Waals surface area contributed by atoms with Gasteiger partial charge in [0, 0.05) is 6.42 Å². The van der Waals surface area contributed by atoms with Crippen LogP contribution in [-0.4, -0.2) is 65.1 Å². The second-order valence-electron chi connectivity index (χ2n) is 8.62. The Morgan fingerprint density at radius 2 is 1.56 bits per heavy atom. The molecule has 0 heterocycles. The van der Waals surface area contributed by atoms with Crippen LogP contribution in [-0.2, 0) is 25.6 Å². The summed E-state index contributed by atoms with van der Waals surface area (Å²) in [4.78, 5) is 49.1. The van der Waals surface area contributed by atoms with Crippen LogP contribution in [0.25, 0.3) is 0 Å². The standard InChI is InChI=1S/C23H37N5O6/c1-14(2)11-18(27-21(32)17(25)5-3-4-10-24)23(34)28-19(22(33)26-13-20(30)31)12-15-6-8-16(29)9-7-15/h6-9,14,17-19,29H,3-5,10-13,24-25H2,1-2H3,(H,26,33)(H,27,32)(H,28,34)(H,30,31). The SMILES string of the molecule is CC(C)CC(NC(=O)C(N)CCCCN)C(=O)NC(Cc1ccc(O)cc1)C(=O)NCC(=O)O. The lowest BCUT2D eigenvalue weighted by atomic mass is 10.00. The number of carboxylic acid groups (broad SMARTS) is 1. The van der Waals surface area contributed by atoms with Crippen molar-refractivity contribution in [1.82, 2.24) is 16.0 Å². The van der Waals surface area contributed by atoms with Gasteiger partial charge >= 0.3 is 5.97 Å². The zero-order valence-electron chi connectivity index (χ0n) is 19.8. The van der Waals surface area contributed by atoms with E-state index in [1.165, 1.54) is 12.1 Å². The van der Waals surface area contributed by atoms with E-state index in [2.05, 4.69) is 16.0 Å². The van der Waals surface area contributed by atoms with E-state index in [1.54, 1.807) is 12.1 Å². The summed E-state index contributed by atoms with van der Waals surface area (Å²) in [7, 11) is 0. The van der Waals surface area contributed by atoms with Gasteiger partial charge in [-0.05, 0) is 49.4 Å². The highest BCUT2D eigenvalue weighted by atomic mass is 16.4.